The molecule has 0 spiro atoms. The molecular weight excluding hydrogens is 340 g/mol. The van der Waals surface area contributed by atoms with E-state index in [9.17, 15) is 9.59 Å². The average molecular weight is 366 g/mol. The highest BCUT2D eigenvalue weighted by atomic mass is 16.5. The van der Waals surface area contributed by atoms with Crippen molar-refractivity contribution in [3.8, 4) is 5.75 Å². The van der Waals surface area contributed by atoms with Crippen molar-refractivity contribution in [2.45, 2.75) is 33.6 Å². The Bertz CT molecular complexity index is 847. The second-order valence-electron chi connectivity index (χ2n) is 6.82. The zero-order valence-electron chi connectivity index (χ0n) is 16.0. The number of carbonyl (C=O) groups excluding carboxylic acids is 2. The molecule has 1 saturated carbocycles. The van der Waals surface area contributed by atoms with Crippen LogP contribution < -0.4 is 15.4 Å². The smallest absolute Gasteiger partial charge is 0.228 e. The van der Waals surface area contributed by atoms with Gasteiger partial charge in [0.1, 0.15) is 5.75 Å². The van der Waals surface area contributed by atoms with Crippen LogP contribution in [0.5, 0.6) is 5.75 Å². The second-order valence-corrected chi connectivity index (χ2v) is 6.82. The maximum absolute atomic E-state index is 12.6. The largest absolute Gasteiger partial charge is 0.492 e. The van der Waals surface area contributed by atoms with E-state index >= 15 is 0 Å². The Balaban J connectivity index is 1.63. The van der Waals surface area contributed by atoms with Gasteiger partial charge in [-0.2, -0.15) is 0 Å². The summed E-state index contributed by atoms with van der Waals surface area (Å²) in [6.45, 7) is 6.47. The molecule has 0 radical (unpaired) electrons. The minimum atomic E-state index is -0.297. The van der Waals surface area contributed by atoms with Gasteiger partial charge in [-0.1, -0.05) is 37.3 Å². The van der Waals surface area contributed by atoms with Crippen LogP contribution in [0.3, 0.4) is 0 Å². The molecule has 1 aliphatic carbocycles. The lowest BCUT2D eigenvalue weighted by atomic mass is 10.1. The van der Waals surface area contributed by atoms with Crippen molar-refractivity contribution in [1.82, 2.24) is 0 Å². The maximum atomic E-state index is 12.6. The molecule has 0 bridgehead atoms. The lowest BCUT2D eigenvalue weighted by Crippen LogP contribution is -2.21. The van der Waals surface area contributed by atoms with Crippen molar-refractivity contribution >= 4 is 23.2 Å². The van der Waals surface area contributed by atoms with Gasteiger partial charge in [-0.05, 0) is 49.9 Å². The Kier molecular flexibility index (Phi) is 5.79. The van der Waals surface area contributed by atoms with E-state index in [2.05, 4.69) is 17.6 Å². The van der Waals surface area contributed by atoms with Gasteiger partial charge in [-0.3, -0.25) is 9.59 Å². The molecule has 1 fully saturated rings. The van der Waals surface area contributed by atoms with Crippen molar-refractivity contribution in [2.75, 3.05) is 17.2 Å². The molecule has 0 saturated heterocycles. The van der Waals surface area contributed by atoms with E-state index in [0.717, 1.165) is 23.2 Å². The first kappa shape index (κ1) is 19.0. The Hall–Kier alpha value is -2.82. The Labute approximate surface area is 160 Å². The molecule has 2 unspecified atom stereocenters. The van der Waals surface area contributed by atoms with Gasteiger partial charge in [-0.25, -0.2) is 0 Å². The zero-order valence-corrected chi connectivity index (χ0v) is 16.0. The standard InChI is InChI=1S/C22H26N2O3/c1-4-15-10-8-9-14(3)20(15)24-22(26)17-13-16(17)21(25)23-18-11-6-7-12-19(18)27-5-2/h6-12,16-17H,4-5,13H2,1-3H3,(H,23,25)(H,24,26). The third-order valence-corrected chi connectivity index (χ3v) is 4.90. The van der Waals surface area contributed by atoms with Crippen LogP contribution in [-0.4, -0.2) is 18.4 Å². The zero-order chi connectivity index (χ0) is 19.4. The number of carbonyl (C=O) groups is 2. The second kappa shape index (κ2) is 8.25. The SMILES string of the molecule is CCOc1ccccc1NC(=O)C1CC1C(=O)Nc1c(C)cccc1CC. The first-order valence-corrected chi connectivity index (χ1v) is 9.47. The summed E-state index contributed by atoms with van der Waals surface area (Å²) >= 11 is 0. The summed E-state index contributed by atoms with van der Waals surface area (Å²) < 4.78 is 5.54. The molecular formula is C22H26N2O3. The van der Waals surface area contributed by atoms with E-state index in [0.29, 0.717) is 24.5 Å². The minimum absolute atomic E-state index is 0.0859. The van der Waals surface area contributed by atoms with Gasteiger partial charge in [0.25, 0.3) is 0 Å². The van der Waals surface area contributed by atoms with E-state index in [1.54, 1.807) is 6.07 Å². The summed E-state index contributed by atoms with van der Waals surface area (Å²) in [6, 6.07) is 13.3. The number of hydrogen-bond donors (Lipinski definition) is 2. The summed E-state index contributed by atoms with van der Waals surface area (Å²) in [5.41, 5.74) is 3.66. The van der Waals surface area contributed by atoms with Gasteiger partial charge in [-0.15, -0.1) is 0 Å². The molecule has 2 aromatic carbocycles. The summed E-state index contributed by atoms with van der Waals surface area (Å²) in [6.07, 6.45) is 1.42. The van der Waals surface area contributed by atoms with Gasteiger partial charge in [0.2, 0.25) is 11.8 Å². The van der Waals surface area contributed by atoms with Gasteiger partial charge in [0.15, 0.2) is 0 Å². The van der Waals surface area contributed by atoms with Crippen LogP contribution >= 0.6 is 0 Å². The van der Waals surface area contributed by atoms with Crippen LogP contribution in [0.2, 0.25) is 0 Å². The van der Waals surface area contributed by atoms with E-state index in [1.165, 1.54) is 0 Å². The molecule has 2 amide bonds. The highest BCUT2D eigenvalue weighted by Crippen LogP contribution is 2.41. The monoisotopic (exact) mass is 366 g/mol. The van der Waals surface area contributed by atoms with Gasteiger partial charge in [0.05, 0.1) is 24.1 Å². The van der Waals surface area contributed by atoms with Crippen molar-refractivity contribution in [1.29, 1.82) is 0 Å². The van der Waals surface area contributed by atoms with Gasteiger partial charge in [0, 0.05) is 5.69 Å². The highest BCUT2D eigenvalue weighted by molar-refractivity contribution is 6.04. The van der Waals surface area contributed by atoms with Gasteiger partial charge >= 0.3 is 0 Å². The van der Waals surface area contributed by atoms with Crippen LogP contribution in [-0.2, 0) is 16.0 Å². The van der Waals surface area contributed by atoms with Crippen molar-refractivity contribution in [3.63, 3.8) is 0 Å². The van der Waals surface area contributed by atoms with Crippen LogP contribution in [0.15, 0.2) is 42.5 Å². The lowest BCUT2D eigenvalue weighted by Gasteiger charge is -2.13. The third-order valence-electron chi connectivity index (χ3n) is 4.90. The molecule has 1 aliphatic rings. The highest BCUT2D eigenvalue weighted by Gasteiger charge is 2.48. The van der Waals surface area contributed by atoms with Gasteiger partial charge < -0.3 is 15.4 Å². The quantitative estimate of drug-likeness (QED) is 0.773. The van der Waals surface area contributed by atoms with E-state index in [1.807, 2.05) is 50.2 Å². The minimum Gasteiger partial charge on any atom is -0.492 e. The number of aryl methyl sites for hydroxylation is 2. The number of ether oxygens (including phenoxy) is 1. The summed E-state index contributed by atoms with van der Waals surface area (Å²) in [4.78, 5) is 25.2. The number of anilines is 2. The number of amides is 2. The van der Waals surface area contributed by atoms with Crippen LogP contribution in [0, 0.1) is 18.8 Å². The Morgan fingerprint density at radius 1 is 1.00 bits per heavy atom. The molecule has 5 heteroatoms. The number of benzene rings is 2. The normalized spacial score (nSPS) is 17.9. The number of hydrogen-bond acceptors (Lipinski definition) is 3. The summed E-state index contributed by atoms with van der Waals surface area (Å²) in [5, 5.41) is 5.92. The van der Waals surface area contributed by atoms with E-state index in [-0.39, 0.29) is 23.7 Å². The molecule has 27 heavy (non-hydrogen) atoms. The third kappa shape index (κ3) is 4.30. The van der Waals surface area contributed by atoms with Crippen molar-refractivity contribution < 1.29 is 14.3 Å². The number of nitrogens with one attached hydrogen (secondary N) is 2. The topological polar surface area (TPSA) is 67.4 Å². The first-order valence-electron chi connectivity index (χ1n) is 9.47. The fraction of sp³-hybridized carbons (Fsp3) is 0.364. The number of rotatable bonds is 7. The number of para-hydroxylation sites is 3. The summed E-state index contributed by atoms with van der Waals surface area (Å²) in [5.74, 6) is -0.162. The fourth-order valence-electron chi connectivity index (χ4n) is 3.27. The van der Waals surface area contributed by atoms with Crippen LogP contribution in [0.25, 0.3) is 0 Å². The fourth-order valence-corrected chi connectivity index (χ4v) is 3.27. The average Bonchev–Trinajstić information content (AvgIpc) is 3.46. The summed E-state index contributed by atoms with van der Waals surface area (Å²) in [7, 11) is 0. The molecule has 0 aliphatic heterocycles. The Morgan fingerprint density at radius 3 is 2.41 bits per heavy atom. The predicted molar refractivity (Wildman–Crippen MR) is 107 cm³/mol. The molecule has 2 aromatic rings. The van der Waals surface area contributed by atoms with Crippen molar-refractivity contribution in [2.24, 2.45) is 11.8 Å². The Morgan fingerprint density at radius 2 is 1.70 bits per heavy atom. The van der Waals surface area contributed by atoms with Crippen molar-refractivity contribution in [3.05, 3.63) is 53.6 Å². The lowest BCUT2D eigenvalue weighted by molar-refractivity contribution is -0.122. The molecule has 2 N–H and O–H groups in total. The molecule has 0 aromatic heterocycles. The molecule has 2 atom stereocenters. The molecule has 0 heterocycles. The van der Waals surface area contributed by atoms with Crippen LogP contribution in [0.1, 0.15) is 31.4 Å². The molecule has 3 rings (SSSR count). The molecule has 142 valence electrons. The molecule has 5 nitrogen and oxygen atoms in total. The van der Waals surface area contributed by atoms with E-state index in [4.69, 9.17) is 4.74 Å². The van der Waals surface area contributed by atoms with E-state index < -0.39 is 0 Å². The first-order chi connectivity index (χ1) is 13.0. The predicted octanol–water partition coefficient (Wildman–Crippen LogP) is 4.17. The maximum Gasteiger partial charge on any atom is 0.228 e. The van der Waals surface area contributed by atoms with Crippen LogP contribution in [0.4, 0.5) is 11.4 Å².